The Morgan fingerprint density at radius 3 is 2.65 bits per heavy atom. The third kappa shape index (κ3) is 2.52. The highest BCUT2D eigenvalue weighted by molar-refractivity contribution is 5.17. The lowest BCUT2D eigenvalue weighted by atomic mass is 9.88. The average Bonchev–Trinajstić information content (AvgIpc) is 2.84. The molecule has 1 aliphatic heterocycles. The number of furan rings is 1. The van der Waals surface area contributed by atoms with Gasteiger partial charge in [0.25, 0.3) is 0 Å². The monoisotopic (exact) mass is 239 g/mol. The molecular formula is C12H21N3O2. The van der Waals surface area contributed by atoms with Gasteiger partial charge in [-0.25, -0.2) is 0 Å². The van der Waals surface area contributed by atoms with Crippen LogP contribution in [0.4, 0.5) is 0 Å². The standard InChI is InChI=1S/C12H21N3O2/c1-12(2,15-4-7-16-8-5-15)11(14-13)10-3-6-17-9-10/h3,6,9,11,14H,4-5,7-8,13H2,1-2H3. The van der Waals surface area contributed by atoms with Crippen LogP contribution in [-0.2, 0) is 4.74 Å². The number of rotatable bonds is 4. The summed E-state index contributed by atoms with van der Waals surface area (Å²) in [4.78, 5) is 2.40. The van der Waals surface area contributed by atoms with Gasteiger partial charge in [0.05, 0.1) is 31.8 Å². The van der Waals surface area contributed by atoms with Crippen molar-refractivity contribution < 1.29 is 9.15 Å². The largest absolute Gasteiger partial charge is 0.472 e. The van der Waals surface area contributed by atoms with Gasteiger partial charge in [-0.2, -0.15) is 0 Å². The van der Waals surface area contributed by atoms with Gasteiger partial charge in [0.2, 0.25) is 0 Å². The lowest BCUT2D eigenvalue weighted by molar-refractivity contribution is -0.0239. The molecule has 1 aromatic rings. The zero-order chi connectivity index (χ0) is 12.3. The first-order valence-corrected chi connectivity index (χ1v) is 5.97. The van der Waals surface area contributed by atoms with Gasteiger partial charge < -0.3 is 9.15 Å². The van der Waals surface area contributed by atoms with E-state index in [1.165, 1.54) is 0 Å². The summed E-state index contributed by atoms with van der Waals surface area (Å²) in [7, 11) is 0. The number of hydrazine groups is 1. The van der Waals surface area contributed by atoms with Crippen LogP contribution in [0.25, 0.3) is 0 Å². The fourth-order valence-electron chi connectivity index (χ4n) is 2.47. The van der Waals surface area contributed by atoms with E-state index in [1.807, 2.05) is 6.07 Å². The van der Waals surface area contributed by atoms with Crippen LogP contribution in [0, 0.1) is 0 Å². The van der Waals surface area contributed by atoms with Gasteiger partial charge in [0, 0.05) is 24.2 Å². The third-order valence-electron chi connectivity index (χ3n) is 3.58. The summed E-state index contributed by atoms with van der Waals surface area (Å²) in [6, 6.07) is 1.99. The van der Waals surface area contributed by atoms with Gasteiger partial charge >= 0.3 is 0 Å². The summed E-state index contributed by atoms with van der Waals surface area (Å²) in [6.07, 6.45) is 3.42. The van der Waals surface area contributed by atoms with Crippen molar-refractivity contribution in [1.82, 2.24) is 10.3 Å². The molecule has 17 heavy (non-hydrogen) atoms. The number of hydrogen-bond acceptors (Lipinski definition) is 5. The van der Waals surface area contributed by atoms with Gasteiger partial charge in [-0.3, -0.25) is 16.2 Å². The van der Waals surface area contributed by atoms with Crippen LogP contribution in [0.1, 0.15) is 25.5 Å². The van der Waals surface area contributed by atoms with Crippen molar-refractivity contribution in [2.45, 2.75) is 25.4 Å². The molecule has 0 saturated carbocycles. The molecule has 0 aromatic carbocycles. The van der Waals surface area contributed by atoms with Crippen LogP contribution < -0.4 is 11.3 Å². The summed E-state index contributed by atoms with van der Waals surface area (Å²) in [5.74, 6) is 5.71. The molecule has 0 bridgehead atoms. The van der Waals surface area contributed by atoms with Gasteiger partial charge in [-0.05, 0) is 19.9 Å². The fourth-order valence-corrected chi connectivity index (χ4v) is 2.47. The number of morpholine rings is 1. The average molecular weight is 239 g/mol. The molecule has 2 heterocycles. The van der Waals surface area contributed by atoms with Crippen LogP contribution in [-0.4, -0.2) is 36.7 Å². The highest BCUT2D eigenvalue weighted by Crippen LogP contribution is 2.31. The third-order valence-corrected chi connectivity index (χ3v) is 3.58. The lowest BCUT2D eigenvalue weighted by Crippen LogP contribution is -2.57. The zero-order valence-corrected chi connectivity index (χ0v) is 10.5. The zero-order valence-electron chi connectivity index (χ0n) is 10.5. The second-order valence-corrected chi connectivity index (χ2v) is 4.91. The van der Waals surface area contributed by atoms with E-state index in [9.17, 15) is 0 Å². The molecule has 1 fully saturated rings. The predicted octanol–water partition coefficient (Wildman–Crippen LogP) is 0.895. The van der Waals surface area contributed by atoms with E-state index < -0.39 is 0 Å². The van der Waals surface area contributed by atoms with Crippen molar-refractivity contribution in [1.29, 1.82) is 0 Å². The Morgan fingerprint density at radius 1 is 1.41 bits per heavy atom. The van der Waals surface area contributed by atoms with E-state index in [4.69, 9.17) is 15.0 Å². The predicted molar refractivity (Wildman–Crippen MR) is 65.2 cm³/mol. The van der Waals surface area contributed by atoms with E-state index in [-0.39, 0.29) is 11.6 Å². The number of nitrogens with one attached hydrogen (secondary N) is 1. The maximum atomic E-state index is 5.71. The SMILES string of the molecule is CC(C)(C(NN)c1ccoc1)N1CCOCC1. The number of hydrogen-bond donors (Lipinski definition) is 2. The number of nitrogens with zero attached hydrogens (tertiary/aromatic N) is 1. The normalized spacial score (nSPS) is 20.4. The second-order valence-electron chi connectivity index (χ2n) is 4.91. The Labute approximate surface area is 102 Å². The Balaban J connectivity index is 2.16. The molecule has 96 valence electrons. The summed E-state index contributed by atoms with van der Waals surface area (Å²) < 4.78 is 10.5. The first-order valence-electron chi connectivity index (χ1n) is 5.97. The molecule has 0 aliphatic carbocycles. The molecule has 3 N–H and O–H groups in total. The van der Waals surface area contributed by atoms with Gasteiger partial charge in [0.1, 0.15) is 0 Å². The van der Waals surface area contributed by atoms with Crippen molar-refractivity contribution in [3.63, 3.8) is 0 Å². The number of ether oxygens (including phenoxy) is 1. The van der Waals surface area contributed by atoms with Crippen molar-refractivity contribution in [2.75, 3.05) is 26.3 Å². The molecule has 1 atom stereocenters. The maximum Gasteiger partial charge on any atom is 0.0951 e. The molecule has 5 nitrogen and oxygen atoms in total. The van der Waals surface area contributed by atoms with Gasteiger partial charge in [-0.1, -0.05) is 0 Å². The Kier molecular flexibility index (Phi) is 3.83. The Hall–Kier alpha value is -0.880. The topological polar surface area (TPSA) is 63.7 Å². The van der Waals surface area contributed by atoms with Crippen LogP contribution in [0.5, 0.6) is 0 Å². The summed E-state index contributed by atoms with van der Waals surface area (Å²) in [5.41, 5.74) is 3.89. The lowest BCUT2D eigenvalue weighted by Gasteiger charge is -2.45. The molecule has 1 saturated heterocycles. The first-order chi connectivity index (χ1) is 8.16. The highest BCUT2D eigenvalue weighted by Gasteiger charge is 2.37. The van der Waals surface area contributed by atoms with Crippen LogP contribution in [0.2, 0.25) is 0 Å². The molecule has 1 aromatic heterocycles. The molecule has 5 heteroatoms. The highest BCUT2D eigenvalue weighted by atomic mass is 16.5. The minimum absolute atomic E-state index is 0.0411. The van der Waals surface area contributed by atoms with Crippen molar-refractivity contribution in [2.24, 2.45) is 5.84 Å². The van der Waals surface area contributed by atoms with E-state index in [2.05, 4.69) is 24.2 Å². The molecule has 0 radical (unpaired) electrons. The van der Waals surface area contributed by atoms with Crippen molar-refractivity contribution in [3.05, 3.63) is 24.2 Å². The molecule has 1 aliphatic rings. The van der Waals surface area contributed by atoms with E-state index in [1.54, 1.807) is 12.5 Å². The van der Waals surface area contributed by atoms with Crippen LogP contribution in [0.3, 0.4) is 0 Å². The quantitative estimate of drug-likeness (QED) is 0.603. The fraction of sp³-hybridized carbons (Fsp3) is 0.667. The van der Waals surface area contributed by atoms with Gasteiger partial charge in [0.15, 0.2) is 0 Å². The van der Waals surface area contributed by atoms with E-state index in [0.29, 0.717) is 0 Å². The molecule has 1 unspecified atom stereocenters. The summed E-state index contributed by atoms with van der Waals surface area (Å²) >= 11 is 0. The van der Waals surface area contributed by atoms with Crippen molar-refractivity contribution >= 4 is 0 Å². The van der Waals surface area contributed by atoms with Gasteiger partial charge in [-0.15, -0.1) is 0 Å². The summed E-state index contributed by atoms with van der Waals surface area (Å²) in [5, 5.41) is 0. The Morgan fingerprint density at radius 2 is 2.12 bits per heavy atom. The van der Waals surface area contributed by atoms with Crippen LogP contribution >= 0.6 is 0 Å². The maximum absolute atomic E-state index is 5.71. The molecule has 0 spiro atoms. The second kappa shape index (κ2) is 5.18. The molecule has 2 rings (SSSR count). The summed E-state index contributed by atoms with van der Waals surface area (Å²) in [6.45, 7) is 7.82. The minimum atomic E-state index is -0.0809. The first kappa shape index (κ1) is 12.6. The minimum Gasteiger partial charge on any atom is -0.472 e. The van der Waals surface area contributed by atoms with E-state index in [0.717, 1.165) is 31.9 Å². The van der Waals surface area contributed by atoms with Crippen molar-refractivity contribution in [3.8, 4) is 0 Å². The van der Waals surface area contributed by atoms with E-state index >= 15 is 0 Å². The number of nitrogens with two attached hydrogens (primary N) is 1. The molecular weight excluding hydrogens is 218 g/mol. The Bertz CT molecular complexity index is 332. The molecule has 0 amide bonds. The smallest absolute Gasteiger partial charge is 0.0951 e. The van der Waals surface area contributed by atoms with Crippen LogP contribution in [0.15, 0.2) is 23.0 Å².